The van der Waals surface area contributed by atoms with Crippen LogP contribution in [0, 0.1) is 6.92 Å². The molecule has 0 bridgehead atoms. The summed E-state index contributed by atoms with van der Waals surface area (Å²) in [5, 5.41) is 1.23. The Bertz CT molecular complexity index is 713. The third kappa shape index (κ3) is 2.25. The highest BCUT2D eigenvalue weighted by atomic mass is 15.0. The van der Waals surface area contributed by atoms with Crippen molar-refractivity contribution in [3.8, 4) is 0 Å². The highest BCUT2D eigenvalue weighted by Gasteiger charge is 2.05. The molecule has 19 heavy (non-hydrogen) atoms. The summed E-state index contributed by atoms with van der Waals surface area (Å²) in [5.41, 5.74) is 10.3. The molecule has 2 heterocycles. The number of hydrogen-bond acceptors (Lipinski definition) is 2. The predicted molar refractivity (Wildman–Crippen MR) is 77.9 cm³/mol. The number of rotatable bonds is 3. The maximum atomic E-state index is 5.78. The monoisotopic (exact) mass is 251 g/mol. The molecule has 3 aromatic rings. The Morgan fingerprint density at radius 1 is 1.11 bits per heavy atom. The Kier molecular flexibility index (Phi) is 3.05. The zero-order valence-corrected chi connectivity index (χ0v) is 11.0. The van der Waals surface area contributed by atoms with Crippen LogP contribution in [0.1, 0.15) is 17.0 Å². The van der Waals surface area contributed by atoms with Gasteiger partial charge in [-0.2, -0.15) is 0 Å². The third-order valence-electron chi connectivity index (χ3n) is 3.40. The lowest BCUT2D eigenvalue weighted by Crippen LogP contribution is -2.01. The highest BCUT2D eigenvalue weighted by Crippen LogP contribution is 2.20. The van der Waals surface area contributed by atoms with Gasteiger partial charge in [-0.1, -0.05) is 18.2 Å². The molecule has 1 aromatic carbocycles. The standard InChI is InChI=1S/C16H17N3/c1-12-4-2-6-14(18-12)11-19-9-8-15-13(10-17)5-3-7-16(15)19/h2-9H,10-11,17H2,1H3. The van der Waals surface area contributed by atoms with Gasteiger partial charge in [0, 0.05) is 29.3 Å². The molecule has 3 heteroatoms. The summed E-state index contributed by atoms with van der Waals surface area (Å²) in [7, 11) is 0. The van der Waals surface area contributed by atoms with Crippen LogP contribution in [0.25, 0.3) is 10.9 Å². The summed E-state index contributed by atoms with van der Waals surface area (Å²) in [5.74, 6) is 0. The summed E-state index contributed by atoms with van der Waals surface area (Å²) in [4.78, 5) is 4.55. The van der Waals surface area contributed by atoms with Crippen LogP contribution in [0.4, 0.5) is 0 Å². The normalized spacial score (nSPS) is 11.1. The minimum absolute atomic E-state index is 0.573. The lowest BCUT2D eigenvalue weighted by Gasteiger charge is -2.07. The van der Waals surface area contributed by atoms with Crippen LogP contribution >= 0.6 is 0 Å². The largest absolute Gasteiger partial charge is 0.341 e. The van der Waals surface area contributed by atoms with E-state index in [2.05, 4.69) is 52.1 Å². The fraction of sp³-hybridized carbons (Fsp3) is 0.188. The Morgan fingerprint density at radius 3 is 2.74 bits per heavy atom. The predicted octanol–water partition coefficient (Wildman–Crippen LogP) is 2.85. The van der Waals surface area contributed by atoms with Crippen molar-refractivity contribution in [1.29, 1.82) is 0 Å². The van der Waals surface area contributed by atoms with Crippen molar-refractivity contribution in [3.63, 3.8) is 0 Å². The summed E-state index contributed by atoms with van der Waals surface area (Å²) in [6.07, 6.45) is 2.10. The Hall–Kier alpha value is -2.13. The number of pyridine rings is 1. The molecule has 2 aromatic heterocycles. The summed E-state index contributed by atoms with van der Waals surface area (Å²) in [6.45, 7) is 3.38. The average molecular weight is 251 g/mol. The fourth-order valence-electron chi connectivity index (χ4n) is 2.47. The van der Waals surface area contributed by atoms with Crippen LogP contribution in [-0.4, -0.2) is 9.55 Å². The summed E-state index contributed by atoms with van der Waals surface area (Å²) < 4.78 is 2.22. The van der Waals surface area contributed by atoms with Crippen LogP contribution in [0.15, 0.2) is 48.7 Å². The van der Waals surface area contributed by atoms with Gasteiger partial charge in [0.2, 0.25) is 0 Å². The molecule has 0 unspecified atom stereocenters. The molecular formula is C16H17N3. The van der Waals surface area contributed by atoms with E-state index in [1.807, 2.05) is 13.0 Å². The number of fused-ring (bicyclic) bond motifs is 1. The van der Waals surface area contributed by atoms with Gasteiger partial charge < -0.3 is 10.3 Å². The second-order valence-electron chi connectivity index (χ2n) is 4.77. The first-order valence-electron chi connectivity index (χ1n) is 6.47. The first kappa shape index (κ1) is 11.9. The van der Waals surface area contributed by atoms with Gasteiger partial charge in [-0.05, 0) is 36.8 Å². The van der Waals surface area contributed by atoms with Gasteiger partial charge in [0.1, 0.15) is 0 Å². The number of hydrogen-bond donors (Lipinski definition) is 1. The van der Waals surface area contributed by atoms with Crippen molar-refractivity contribution in [1.82, 2.24) is 9.55 Å². The Morgan fingerprint density at radius 2 is 1.95 bits per heavy atom. The van der Waals surface area contributed by atoms with Gasteiger partial charge in [-0.25, -0.2) is 0 Å². The number of aromatic nitrogens is 2. The zero-order chi connectivity index (χ0) is 13.2. The van der Waals surface area contributed by atoms with E-state index >= 15 is 0 Å². The van der Waals surface area contributed by atoms with Gasteiger partial charge in [-0.15, -0.1) is 0 Å². The smallest absolute Gasteiger partial charge is 0.0648 e. The molecule has 0 fully saturated rings. The van der Waals surface area contributed by atoms with Crippen molar-refractivity contribution in [2.45, 2.75) is 20.0 Å². The van der Waals surface area contributed by atoms with E-state index in [1.165, 1.54) is 16.5 Å². The van der Waals surface area contributed by atoms with E-state index in [-0.39, 0.29) is 0 Å². The van der Waals surface area contributed by atoms with E-state index in [4.69, 9.17) is 5.73 Å². The molecule has 0 saturated carbocycles. The van der Waals surface area contributed by atoms with E-state index < -0.39 is 0 Å². The van der Waals surface area contributed by atoms with Crippen LogP contribution in [-0.2, 0) is 13.1 Å². The fourth-order valence-corrected chi connectivity index (χ4v) is 2.47. The van der Waals surface area contributed by atoms with Crippen LogP contribution in [0.2, 0.25) is 0 Å². The molecule has 0 aliphatic rings. The van der Waals surface area contributed by atoms with Crippen molar-refractivity contribution >= 4 is 10.9 Å². The van der Waals surface area contributed by atoms with Gasteiger partial charge in [0.15, 0.2) is 0 Å². The molecular weight excluding hydrogens is 234 g/mol. The van der Waals surface area contributed by atoms with Crippen molar-refractivity contribution in [2.75, 3.05) is 0 Å². The van der Waals surface area contributed by atoms with Crippen LogP contribution in [0.3, 0.4) is 0 Å². The van der Waals surface area contributed by atoms with Gasteiger partial charge in [0.25, 0.3) is 0 Å². The molecule has 0 atom stereocenters. The third-order valence-corrected chi connectivity index (χ3v) is 3.40. The van der Waals surface area contributed by atoms with Gasteiger partial charge in [0.05, 0.1) is 12.2 Å². The number of aryl methyl sites for hydroxylation is 1. The molecule has 0 aliphatic heterocycles. The van der Waals surface area contributed by atoms with Crippen LogP contribution in [0.5, 0.6) is 0 Å². The number of benzene rings is 1. The van der Waals surface area contributed by atoms with Crippen molar-refractivity contribution in [2.24, 2.45) is 5.73 Å². The van der Waals surface area contributed by atoms with Crippen molar-refractivity contribution in [3.05, 3.63) is 65.6 Å². The lowest BCUT2D eigenvalue weighted by molar-refractivity contribution is 0.802. The molecule has 0 saturated heterocycles. The van der Waals surface area contributed by atoms with Gasteiger partial charge in [-0.3, -0.25) is 4.98 Å². The summed E-state index contributed by atoms with van der Waals surface area (Å²) >= 11 is 0. The Balaban J connectivity index is 2.02. The molecule has 0 radical (unpaired) electrons. The molecule has 0 aliphatic carbocycles. The van der Waals surface area contributed by atoms with E-state index in [0.29, 0.717) is 6.54 Å². The SMILES string of the molecule is Cc1cccc(Cn2ccc3c(CN)cccc32)n1. The van der Waals surface area contributed by atoms with Crippen LogP contribution < -0.4 is 5.73 Å². The minimum Gasteiger partial charge on any atom is -0.341 e. The zero-order valence-electron chi connectivity index (χ0n) is 11.0. The maximum Gasteiger partial charge on any atom is 0.0648 e. The average Bonchev–Trinajstić information content (AvgIpc) is 2.82. The topological polar surface area (TPSA) is 43.8 Å². The second-order valence-corrected chi connectivity index (χ2v) is 4.77. The highest BCUT2D eigenvalue weighted by molar-refractivity contribution is 5.83. The number of nitrogens with two attached hydrogens (primary N) is 1. The van der Waals surface area contributed by atoms with Gasteiger partial charge >= 0.3 is 0 Å². The molecule has 2 N–H and O–H groups in total. The van der Waals surface area contributed by atoms with Crippen molar-refractivity contribution < 1.29 is 0 Å². The molecule has 0 spiro atoms. The number of nitrogens with zero attached hydrogens (tertiary/aromatic N) is 2. The van der Waals surface area contributed by atoms with E-state index in [9.17, 15) is 0 Å². The Labute approximate surface area is 112 Å². The lowest BCUT2D eigenvalue weighted by atomic mass is 10.1. The molecule has 3 nitrogen and oxygen atoms in total. The molecule has 3 rings (SSSR count). The first-order chi connectivity index (χ1) is 9.28. The quantitative estimate of drug-likeness (QED) is 0.778. The maximum absolute atomic E-state index is 5.78. The minimum atomic E-state index is 0.573. The van der Waals surface area contributed by atoms with E-state index in [0.717, 1.165) is 17.9 Å². The first-order valence-corrected chi connectivity index (χ1v) is 6.47. The second kappa shape index (κ2) is 4.86. The molecule has 96 valence electrons. The summed E-state index contributed by atoms with van der Waals surface area (Å²) in [6, 6.07) is 14.5. The molecule has 0 amide bonds. The van der Waals surface area contributed by atoms with E-state index in [1.54, 1.807) is 0 Å².